The fraction of sp³-hybridized carbons (Fsp3) is 0.208. The van der Waals surface area contributed by atoms with E-state index in [2.05, 4.69) is 38.4 Å². The summed E-state index contributed by atoms with van der Waals surface area (Å²) in [6.45, 7) is 0.682. The molecular formula is C24H23F3N4O3. The zero-order valence-corrected chi connectivity index (χ0v) is 18.5. The Bertz CT molecular complexity index is 1220. The van der Waals surface area contributed by atoms with Crippen molar-refractivity contribution in [3.63, 3.8) is 0 Å². The summed E-state index contributed by atoms with van der Waals surface area (Å²) in [4.78, 5) is 30.8. The monoisotopic (exact) mass is 472 g/mol. The van der Waals surface area contributed by atoms with Crippen molar-refractivity contribution in [2.75, 3.05) is 25.5 Å². The summed E-state index contributed by atoms with van der Waals surface area (Å²) in [6, 6.07) is 14.2. The lowest BCUT2D eigenvalue weighted by Gasteiger charge is -2.15. The van der Waals surface area contributed by atoms with E-state index < -0.39 is 12.1 Å². The van der Waals surface area contributed by atoms with E-state index in [4.69, 9.17) is 9.90 Å². The van der Waals surface area contributed by atoms with E-state index in [0.29, 0.717) is 6.54 Å². The number of carbonyl (C=O) groups excluding carboxylic acids is 1. The number of nitrogens with zero attached hydrogens (tertiary/aromatic N) is 2. The molecule has 2 aromatic heterocycles. The first kappa shape index (κ1) is 24.6. The van der Waals surface area contributed by atoms with Crippen LogP contribution >= 0.6 is 0 Å². The molecule has 1 aliphatic heterocycles. The highest BCUT2D eigenvalue weighted by molar-refractivity contribution is 5.97. The summed E-state index contributed by atoms with van der Waals surface area (Å²) in [5, 5.41) is 10.0. The van der Waals surface area contributed by atoms with Gasteiger partial charge in [-0.3, -0.25) is 9.78 Å². The van der Waals surface area contributed by atoms with Crippen molar-refractivity contribution in [3.05, 3.63) is 71.2 Å². The summed E-state index contributed by atoms with van der Waals surface area (Å²) in [5.74, 6) is -2.76. The number of carboxylic acids is 1. The molecule has 1 amide bonds. The van der Waals surface area contributed by atoms with Gasteiger partial charge in [-0.15, -0.1) is 0 Å². The minimum absolute atomic E-state index is 0.00628. The number of anilines is 1. The highest BCUT2D eigenvalue weighted by Crippen LogP contribution is 2.25. The van der Waals surface area contributed by atoms with Gasteiger partial charge in [-0.1, -0.05) is 24.3 Å². The number of pyridine rings is 1. The van der Waals surface area contributed by atoms with Crippen LogP contribution in [0.2, 0.25) is 0 Å². The molecule has 0 radical (unpaired) electrons. The molecule has 0 spiro atoms. The molecule has 3 aromatic rings. The number of carbonyl (C=O) groups is 2. The minimum Gasteiger partial charge on any atom is -0.475 e. The van der Waals surface area contributed by atoms with E-state index in [0.717, 1.165) is 45.9 Å². The van der Waals surface area contributed by atoms with Crippen molar-refractivity contribution < 1.29 is 27.9 Å². The van der Waals surface area contributed by atoms with Crippen LogP contribution in [-0.4, -0.2) is 53.8 Å². The Morgan fingerprint density at radius 3 is 2.50 bits per heavy atom. The van der Waals surface area contributed by atoms with E-state index in [1.807, 2.05) is 50.5 Å². The lowest BCUT2D eigenvalue weighted by Crippen LogP contribution is -2.31. The van der Waals surface area contributed by atoms with Crippen LogP contribution in [0.4, 0.5) is 18.9 Å². The third-order valence-corrected chi connectivity index (χ3v) is 4.99. The number of rotatable bonds is 4. The van der Waals surface area contributed by atoms with E-state index in [9.17, 15) is 18.0 Å². The molecule has 4 rings (SSSR count). The maximum absolute atomic E-state index is 12.0. The number of nitrogens with one attached hydrogen (secondary N) is 2. The summed E-state index contributed by atoms with van der Waals surface area (Å²) in [6.07, 6.45) is 1.64. The number of fused-ring (bicyclic) bond motifs is 1. The Balaban J connectivity index is 0.000000406. The molecule has 0 fully saturated rings. The molecule has 3 N–H and O–H groups in total. The first-order chi connectivity index (χ1) is 16.1. The van der Waals surface area contributed by atoms with Gasteiger partial charge < -0.3 is 20.3 Å². The van der Waals surface area contributed by atoms with Crippen LogP contribution in [0.1, 0.15) is 27.3 Å². The number of halogens is 3. The van der Waals surface area contributed by atoms with Crippen molar-refractivity contribution >= 4 is 29.7 Å². The molecule has 0 atom stereocenters. The molecule has 0 saturated heterocycles. The average molecular weight is 472 g/mol. The van der Waals surface area contributed by atoms with Crippen molar-refractivity contribution in [1.29, 1.82) is 0 Å². The summed E-state index contributed by atoms with van der Waals surface area (Å²) in [5.41, 5.74) is 6.89. The number of benzene rings is 1. The lowest BCUT2D eigenvalue weighted by molar-refractivity contribution is -0.192. The lowest BCUT2D eigenvalue weighted by atomic mass is 10.1. The number of hydrogen-bond acceptors (Lipinski definition) is 4. The van der Waals surface area contributed by atoms with Gasteiger partial charge in [-0.25, -0.2) is 4.79 Å². The predicted octanol–water partition coefficient (Wildman–Crippen LogP) is 4.23. The molecular weight excluding hydrogens is 449 g/mol. The summed E-state index contributed by atoms with van der Waals surface area (Å²) < 4.78 is 31.7. The Kier molecular flexibility index (Phi) is 7.40. The molecule has 0 bridgehead atoms. The van der Waals surface area contributed by atoms with Gasteiger partial charge >= 0.3 is 12.1 Å². The van der Waals surface area contributed by atoms with Gasteiger partial charge in [0.2, 0.25) is 0 Å². The molecule has 1 aliphatic rings. The Morgan fingerprint density at radius 2 is 1.85 bits per heavy atom. The molecule has 0 saturated carbocycles. The SMILES string of the molecule is CN(C)c1ccccc1C=Cc1cc(-c2cc3c([nH]2)CCNC3=O)ccn1.O=C(O)C(F)(F)F. The quantitative estimate of drug-likeness (QED) is 0.528. The van der Waals surface area contributed by atoms with Gasteiger partial charge in [-0.2, -0.15) is 13.2 Å². The summed E-state index contributed by atoms with van der Waals surface area (Å²) in [7, 11) is 4.07. The van der Waals surface area contributed by atoms with E-state index in [-0.39, 0.29) is 5.91 Å². The maximum Gasteiger partial charge on any atom is 0.490 e. The molecule has 0 unspecified atom stereocenters. The number of hydrogen-bond donors (Lipinski definition) is 3. The van der Waals surface area contributed by atoms with Gasteiger partial charge in [0, 0.05) is 55.9 Å². The Morgan fingerprint density at radius 1 is 1.15 bits per heavy atom. The predicted molar refractivity (Wildman–Crippen MR) is 123 cm³/mol. The summed E-state index contributed by atoms with van der Waals surface area (Å²) >= 11 is 0. The van der Waals surface area contributed by atoms with E-state index in [1.54, 1.807) is 6.20 Å². The number of carboxylic acid groups (broad SMARTS) is 1. The van der Waals surface area contributed by atoms with Crippen LogP contribution in [0.5, 0.6) is 0 Å². The van der Waals surface area contributed by atoms with Crippen LogP contribution in [-0.2, 0) is 11.2 Å². The number of aliphatic carboxylic acids is 1. The fourth-order valence-electron chi connectivity index (χ4n) is 3.37. The van der Waals surface area contributed by atoms with Gasteiger partial charge in [-0.05, 0) is 35.9 Å². The highest BCUT2D eigenvalue weighted by atomic mass is 19.4. The minimum atomic E-state index is -5.08. The van der Waals surface area contributed by atoms with Crippen LogP contribution in [0.15, 0.2) is 48.7 Å². The first-order valence-electron chi connectivity index (χ1n) is 10.3. The Labute approximate surface area is 193 Å². The third kappa shape index (κ3) is 6.03. The second kappa shape index (κ2) is 10.2. The van der Waals surface area contributed by atoms with Crippen molar-refractivity contribution in [2.24, 2.45) is 0 Å². The average Bonchev–Trinajstić information content (AvgIpc) is 3.24. The second-order valence-electron chi connectivity index (χ2n) is 7.64. The van der Waals surface area contributed by atoms with Crippen molar-refractivity contribution in [2.45, 2.75) is 12.6 Å². The molecule has 3 heterocycles. The normalized spacial score (nSPS) is 13.0. The number of alkyl halides is 3. The van der Waals surface area contributed by atoms with Crippen LogP contribution in [0, 0.1) is 0 Å². The zero-order valence-electron chi connectivity index (χ0n) is 18.5. The second-order valence-corrected chi connectivity index (χ2v) is 7.64. The van der Waals surface area contributed by atoms with Crippen molar-refractivity contribution in [3.8, 4) is 11.3 Å². The van der Waals surface area contributed by atoms with Gasteiger partial charge in [0.1, 0.15) is 0 Å². The number of amides is 1. The number of aromatic nitrogens is 2. The van der Waals surface area contributed by atoms with Gasteiger partial charge in [0.25, 0.3) is 5.91 Å². The standard InChI is InChI=1S/C22H22N4O.C2HF3O2/c1-26(2)21-6-4-3-5-15(21)7-8-17-13-16(9-11-23-17)20-14-18-19(25-20)10-12-24-22(18)27;3-2(4,5)1(6)7/h3-9,11,13-14,25H,10,12H2,1-2H3,(H,24,27);(H,6,7). The zero-order chi connectivity index (χ0) is 24.9. The largest absolute Gasteiger partial charge is 0.490 e. The van der Waals surface area contributed by atoms with Crippen molar-refractivity contribution in [1.82, 2.24) is 15.3 Å². The van der Waals surface area contributed by atoms with E-state index >= 15 is 0 Å². The molecule has 178 valence electrons. The van der Waals surface area contributed by atoms with Gasteiger partial charge in [0.15, 0.2) is 0 Å². The molecule has 10 heteroatoms. The van der Waals surface area contributed by atoms with Crippen LogP contribution in [0.25, 0.3) is 23.4 Å². The number of para-hydroxylation sites is 1. The molecule has 0 aliphatic carbocycles. The van der Waals surface area contributed by atoms with Crippen LogP contribution < -0.4 is 10.2 Å². The molecule has 34 heavy (non-hydrogen) atoms. The maximum atomic E-state index is 12.0. The van der Waals surface area contributed by atoms with E-state index in [1.165, 1.54) is 0 Å². The number of aromatic amines is 1. The Hall–Kier alpha value is -4.08. The highest BCUT2D eigenvalue weighted by Gasteiger charge is 2.38. The molecule has 1 aromatic carbocycles. The number of H-pyrrole nitrogens is 1. The first-order valence-corrected chi connectivity index (χ1v) is 10.3. The van der Waals surface area contributed by atoms with Gasteiger partial charge in [0.05, 0.1) is 11.3 Å². The van der Waals surface area contributed by atoms with Crippen LogP contribution in [0.3, 0.4) is 0 Å². The smallest absolute Gasteiger partial charge is 0.475 e. The third-order valence-electron chi connectivity index (χ3n) is 4.99. The topological polar surface area (TPSA) is 98.3 Å². The molecule has 7 nitrogen and oxygen atoms in total. The fourth-order valence-corrected chi connectivity index (χ4v) is 3.37.